The molecular weight excluding hydrogens is 212 g/mol. The van der Waals surface area contributed by atoms with Gasteiger partial charge in [0.05, 0.1) is 12.7 Å². The molecule has 0 aromatic heterocycles. The maximum Gasteiger partial charge on any atom is 0.0639 e. The van der Waals surface area contributed by atoms with E-state index in [1.165, 1.54) is 12.8 Å². The van der Waals surface area contributed by atoms with Crippen LogP contribution in [0.5, 0.6) is 0 Å². The molecule has 2 nitrogen and oxygen atoms in total. The molecule has 2 aliphatic carbocycles. The van der Waals surface area contributed by atoms with Crippen molar-refractivity contribution in [1.82, 2.24) is 0 Å². The summed E-state index contributed by atoms with van der Waals surface area (Å²) in [6.45, 7) is 6.78. The third-order valence-electron chi connectivity index (χ3n) is 5.87. The molecule has 0 heterocycles. The zero-order valence-electron chi connectivity index (χ0n) is 11.4. The molecule has 98 valence electrons. The molecule has 17 heavy (non-hydrogen) atoms. The summed E-state index contributed by atoms with van der Waals surface area (Å²) in [4.78, 5) is 0. The molecular formula is C15H26O2. The van der Waals surface area contributed by atoms with E-state index in [0.717, 1.165) is 24.8 Å². The van der Waals surface area contributed by atoms with Gasteiger partial charge in [-0.1, -0.05) is 25.5 Å². The van der Waals surface area contributed by atoms with Gasteiger partial charge in [0.2, 0.25) is 0 Å². The van der Waals surface area contributed by atoms with E-state index < -0.39 is 0 Å². The summed E-state index contributed by atoms with van der Waals surface area (Å²) in [5.74, 6) is 0.699. The molecule has 2 bridgehead atoms. The first-order chi connectivity index (χ1) is 7.94. The van der Waals surface area contributed by atoms with Crippen molar-refractivity contribution in [2.24, 2.45) is 16.7 Å². The van der Waals surface area contributed by atoms with Gasteiger partial charge in [-0.15, -0.1) is 0 Å². The number of hydrogen-bond donors (Lipinski definition) is 2. The predicted molar refractivity (Wildman–Crippen MR) is 69.6 cm³/mol. The van der Waals surface area contributed by atoms with Gasteiger partial charge in [0.1, 0.15) is 0 Å². The van der Waals surface area contributed by atoms with Crippen LogP contribution in [0, 0.1) is 16.7 Å². The molecule has 2 heteroatoms. The van der Waals surface area contributed by atoms with Crippen LogP contribution in [-0.2, 0) is 0 Å². The molecule has 2 rings (SSSR count). The van der Waals surface area contributed by atoms with Crippen LogP contribution in [0.3, 0.4) is 0 Å². The van der Waals surface area contributed by atoms with E-state index in [1.807, 2.05) is 6.92 Å². The summed E-state index contributed by atoms with van der Waals surface area (Å²) in [5, 5.41) is 19.2. The molecule has 0 radical (unpaired) electrons. The highest BCUT2D eigenvalue weighted by atomic mass is 16.3. The van der Waals surface area contributed by atoms with E-state index in [-0.39, 0.29) is 18.1 Å². The van der Waals surface area contributed by atoms with Gasteiger partial charge < -0.3 is 10.2 Å². The molecule has 2 N–H and O–H groups in total. The van der Waals surface area contributed by atoms with Gasteiger partial charge in [-0.25, -0.2) is 0 Å². The number of rotatable bonds is 4. The van der Waals surface area contributed by atoms with E-state index in [9.17, 15) is 5.11 Å². The second kappa shape index (κ2) is 4.40. The molecule has 0 aliphatic heterocycles. The molecule has 4 atom stereocenters. The van der Waals surface area contributed by atoms with E-state index >= 15 is 0 Å². The maximum atomic E-state index is 10.2. The topological polar surface area (TPSA) is 40.5 Å². The zero-order valence-corrected chi connectivity index (χ0v) is 11.4. The van der Waals surface area contributed by atoms with Gasteiger partial charge in [0.25, 0.3) is 0 Å². The molecule has 0 amide bonds. The van der Waals surface area contributed by atoms with Crippen molar-refractivity contribution in [3.63, 3.8) is 0 Å². The number of aliphatic hydroxyl groups excluding tert-OH is 2. The Kier molecular flexibility index (Phi) is 3.39. The first-order valence-electron chi connectivity index (χ1n) is 6.88. The second-order valence-corrected chi connectivity index (χ2v) is 6.57. The van der Waals surface area contributed by atoms with Gasteiger partial charge in [0.15, 0.2) is 0 Å². The molecule has 2 aliphatic rings. The van der Waals surface area contributed by atoms with Crippen LogP contribution >= 0.6 is 0 Å². The summed E-state index contributed by atoms with van der Waals surface area (Å²) in [7, 11) is 0. The van der Waals surface area contributed by atoms with Crippen molar-refractivity contribution in [3.8, 4) is 0 Å². The van der Waals surface area contributed by atoms with Gasteiger partial charge in [-0.3, -0.25) is 0 Å². The van der Waals surface area contributed by atoms with Crippen molar-refractivity contribution in [2.75, 3.05) is 6.61 Å². The third-order valence-corrected chi connectivity index (χ3v) is 5.87. The number of hydrogen-bond acceptors (Lipinski definition) is 2. The Labute approximate surface area is 105 Å². The fourth-order valence-corrected chi connectivity index (χ4v) is 4.17. The lowest BCUT2D eigenvalue weighted by atomic mass is 9.66. The normalized spacial score (nSPS) is 45.6. The fraction of sp³-hybridized carbons (Fsp3) is 0.867. The third kappa shape index (κ3) is 1.86. The van der Waals surface area contributed by atoms with Crippen LogP contribution < -0.4 is 0 Å². The van der Waals surface area contributed by atoms with E-state index in [1.54, 1.807) is 0 Å². The minimum absolute atomic E-state index is 0.103. The van der Waals surface area contributed by atoms with Gasteiger partial charge >= 0.3 is 0 Å². The molecule has 0 aromatic carbocycles. The Bertz CT molecular complexity index is 323. The zero-order chi connectivity index (χ0) is 12.7. The molecule has 0 aromatic rings. The lowest BCUT2D eigenvalue weighted by Gasteiger charge is -2.40. The summed E-state index contributed by atoms with van der Waals surface area (Å²) in [6.07, 6.45) is 7.68. The maximum absolute atomic E-state index is 10.2. The average Bonchev–Trinajstić information content (AvgIpc) is 2.64. The Morgan fingerprint density at radius 2 is 2.12 bits per heavy atom. The minimum Gasteiger partial charge on any atom is -0.393 e. The summed E-state index contributed by atoms with van der Waals surface area (Å²) in [5.41, 5.74) is 1.47. The quantitative estimate of drug-likeness (QED) is 0.739. The monoisotopic (exact) mass is 238 g/mol. The standard InChI is InChI=1S/C15H26O2/c1-11(10-16)5-4-7-14(2)12-6-8-15(14,3)13(17)9-12/h5,12-13,16-17H,4,6-10H2,1-3H3/b11-5+/t12-,13+,14-,15+/m1/s1. The number of fused-ring (bicyclic) bond motifs is 2. The van der Waals surface area contributed by atoms with Crippen molar-refractivity contribution >= 4 is 0 Å². The molecule has 0 spiro atoms. The fourth-order valence-electron chi connectivity index (χ4n) is 4.17. The van der Waals surface area contributed by atoms with Gasteiger partial charge in [-0.05, 0) is 55.8 Å². The van der Waals surface area contributed by atoms with E-state index in [2.05, 4.69) is 19.9 Å². The van der Waals surface area contributed by atoms with Crippen molar-refractivity contribution < 1.29 is 10.2 Å². The first-order valence-corrected chi connectivity index (χ1v) is 6.88. The molecule has 2 fully saturated rings. The van der Waals surface area contributed by atoms with Crippen LogP contribution in [0.2, 0.25) is 0 Å². The Balaban J connectivity index is 2.05. The average molecular weight is 238 g/mol. The summed E-state index contributed by atoms with van der Waals surface area (Å²) in [6, 6.07) is 0. The van der Waals surface area contributed by atoms with Crippen LogP contribution in [0.1, 0.15) is 52.9 Å². The molecule has 2 saturated carbocycles. The Morgan fingerprint density at radius 1 is 1.41 bits per heavy atom. The van der Waals surface area contributed by atoms with Crippen LogP contribution in [0.25, 0.3) is 0 Å². The minimum atomic E-state index is -0.103. The van der Waals surface area contributed by atoms with Crippen LogP contribution in [0.4, 0.5) is 0 Å². The van der Waals surface area contributed by atoms with Crippen molar-refractivity contribution in [1.29, 1.82) is 0 Å². The van der Waals surface area contributed by atoms with Gasteiger partial charge in [-0.2, -0.15) is 0 Å². The molecule has 0 unspecified atom stereocenters. The van der Waals surface area contributed by atoms with E-state index in [0.29, 0.717) is 11.3 Å². The lowest BCUT2D eigenvalue weighted by Crippen LogP contribution is -2.37. The van der Waals surface area contributed by atoms with Gasteiger partial charge in [0, 0.05) is 0 Å². The first kappa shape index (κ1) is 13.1. The van der Waals surface area contributed by atoms with E-state index in [4.69, 9.17) is 5.11 Å². The Hall–Kier alpha value is -0.340. The van der Waals surface area contributed by atoms with Crippen LogP contribution in [-0.4, -0.2) is 22.9 Å². The number of allylic oxidation sites excluding steroid dienone is 1. The van der Waals surface area contributed by atoms with Crippen molar-refractivity contribution in [3.05, 3.63) is 11.6 Å². The highest BCUT2D eigenvalue weighted by Crippen LogP contribution is 2.67. The lowest BCUT2D eigenvalue weighted by molar-refractivity contribution is 0.00199. The summed E-state index contributed by atoms with van der Waals surface area (Å²) < 4.78 is 0. The SMILES string of the molecule is C/C(=C\CC[C@]1(C)[C@@H]2CC[C@@]1(C)[C@@H](O)C2)CO. The Morgan fingerprint density at radius 3 is 2.59 bits per heavy atom. The largest absolute Gasteiger partial charge is 0.393 e. The molecule has 0 saturated heterocycles. The van der Waals surface area contributed by atoms with Crippen LogP contribution in [0.15, 0.2) is 11.6 Å². The highest BCUT2D eigenvalue weighted by molar-refractivity contribution is 5.13. The summed E-state index contributed by atoms with van der Waals surface area (Å²) >= 11 is 0. The smallest absolute Gasteiger partial charge is 0.0639 e. The highest BCUT2D eigenvalue weighted by Gasteiger charge is 2.62. The predicted octanol–water partition coefficient (Wildman–Crippen LogP) is 2.89. The number of aliphatic hydroxyl groups is 2. The second-order valence-electron chi connectivity index (χ2n) is 6.57. The van der Waals surface area contributed by atoms with Crippen molar-refractivity contribution in [2.45, 2.75) is 59.0 Å².